The molecular weight excluding hydrogens is 306 g/mol. The van der Waals surface area contributed by atoms with E-state index in [1.54, 1.807) is 11.3 Å². The molecule has 1 atom stereocenters. The zero-order chi connectivity index (χ0) is 15.6. The summed E-state index contributed by atoms with van der Waals surface area (Å²) in [4.78, 5) is 10.8. The maximum absolute atomic E-state index is 9.29. The van der Waals surface area contributed by atoms with Crippen LogP contribution in [0, 0.1) is 5.41 Å². The molecule has 6 heteroatoms. The molecule has 0 aliphatic rings. The molecule has 2 rings (SSSR count). The van der Waals surface area contributed by atoms with Crippen LogP contribution in [0.15, 0.2) is 6.07 Å². The van der Waals surface area contributed by atoms with Gasteiger partial charge in [-0.05, 0) is 35.9 Å². The number of fused-ring (bicyclic) bond motifs is 1. The highest BCUT2D eigenvalue weighted by Gasteiger charge is 2.25. The van der Waals surface area contributed by atoms with Crippen molar-refractivity contribution in [3.8, 4) is 0 Å². The van der Waals surface area contributed by atoms with Crippen LogP contribution in [0.1, 0.15) is 39.0 Å². The number of rotatable bonds is 5. The molecule has 116 valence electrons. The normalized spacial score (nSPS) is 13.6. The first-order valence-electron chi connectivity index (χ1n) is 7.18. The lowest BCUT2D eigenvalue weighted by molar-refractivity contribution is 0.235. The average Bonchev–Trinajstić information content (AvgIpc) is 2.80. The highest BCUT2D eigenvalue weighted by atomic mass is 35.5. The summed E-state index contributed by atoms with van der Waals surface area (Å²) in [6, 6.07) is 2.23. The molecule has 0 bridgehead atoms. The van der Waals surface area contributed by atoms with Gasteiger partial charge in [-0.15, -0.1) is 11.3 Å². The van der Waals surface area contributed by atoms with Crippen LogP contribution < -0.4 is 5.32 Å². The van der Waals surface area contributed by atoms with Gasteiger partial charge in [-0.1, -0.05) is 27.7 Å². The molecule has 1 unspecified atom stereocenters. The van der Waals surface area contributed by atoms with Crippen molar-refractivity contribution in [3.05, 3.63) is 16.2 Å². The Bertz CT molecular complexity index is 621. The quantitative estimate of drug-likeness (QED) is 0.811. The van der Waals surface area contributed by atoms with E-state index in [1.807, 2.05) is 0 Å². The number of hydrogen-bond acceptors (Lipinski definition) is 5. The van der Waals surface area contributed by atoms with E-state index in [1.165, 1.54) is 4.88 Å². The maximum atomic E-state index is 9.29. The molecule has 0 aromatic carbocycles. The van der Waals surface area contributed by atoms with Gasteiger partial charge in [0.2, 0.25) is 5.28 Å². The highest BCUT2D eigenvalue weighted by Crippen LogP contribution is 2.33. The third-order valence-electron chi connectivity index (χ3n) is 3.54. The van der Waals surface area contributed by atoms with E-state index < -0.39 is 0 Å². The summed E-state index contributed by atoms with van der Waals surface area (Å²) in [5.41, 5.74) is 0.0100. The molecule has 0 amide bonds. The second-order valence-corrected chi connectivity index (χ2v) is 7.65. The monoisotopic (exact) mass is 327 g/mol. The van der Waals surface area contributed by atoms with Crippen molar-refractivity contribution in [2.24, 2.45) is 5.41 Å². The number of anilines is 1. The van der Waals surface area contributed by atoms with Crippen LogP contribution in [0.4, 0.5) is 5.82 Å². The van der Waals surface area contributed by atoms with Crippen LogP contribution in [-0.4, -0.2) is 27.7 Å². The third kappa shape index (κ3) is 3.84. The lowest BCUT2D eigenvalue weighted by Gasteiger charge is -2.31. The molecule has 0 radical (unpaired) electrons. The van der Waals surface area contributed by atoms with Crippen LogP contribution in [-0.2, 0) is 6.42 Å². The second kappa shape index (κ2) is 6.46. The Labute approximate surface area is 134 Å². The number of nitrogens with zero attached hydrogens (tertiary/aromatic N) is 2. The summed E-state index contributed by atoms with van der Waals surface area (Å²) in [6.07, 6.45) is 1.63. The third-order valence-corrected chi connectivity index (χ3v) is 4.88. The first-order chi connectivity index (χ1) is 9.85. The number of nitrogens with one attached hydrogen (secondary N) is 1. The van der Waals surface area contributed by atoms with Gasteiger partial charge in [-0.25, -0.2) is 9.97 Å². The highest BCUT2D eigenvalue weighted by molar-refractivity contribution is 7.18. The summed E-state index contributed by atoms with van der Waals surface area (Å²) in [5.74, 6) is 0.759. The Morgan fingerprint density at radius 1 is 1.38 bits per heavy atom. The molecule has 4 nitrogen and oxygen atoms in total. The Hall–Kier alpha value is -0.910. The number of aliphatic hydroxyl groups excluding tert-OH is 1. The zero-order valence-electron chi connectivity index (χ0n) is 12.9. The Morgan fingerprint density at radius 3 is 2.67 bits per heavy atom. The molecule has 2 heterocycles. The van der Waals surface area contributed by atoms with Crippen LogP contribution in [0.2, 0.25) is 5.28 Å². The van der Waals surface area contributed by atoms with Crippen molar-refractivity contribution in [2.45, 2.75) is 46.6 Å². The van der Waals surface area contributed by atoms with Gasteiger partial charge in [0.25, 0.3) is 0 Å². The lowest BCUT2D eigenvalue weighted by Crippen LogP contribution is -2.35. The first kappa shape index (κ1) is 16.5. The Kier molecular flexibility index (Phi) is 5.07. The van der Waals surface area contributed by atoms with Crippen molar-refractivity contribution in [1.29, 1.82) is 0 Å². The minimum atomic E-state index is 0.0100. The molecule has 2 N–H and O–H groups in total. The molecule has 0 saturated heterocycles. The predicted octanol–water partition coefficient (Wildman–Crippen LogP) is 4.12. The van der Waals surface area contributed by atoms with Crippen molar-refractivity contribution in [1.82, 2.24) is 9.97 Å². The molecule has 0 spiro atoms. The van der Waals surface area contributed by atoms with Crippen LogP contribution in [0.25, 0.3) is 10.2 Å². The molecule has 21 heavy (non-hydrogen) atoms. The van der Waals surface area contributed by atoms with E-state index in [0.717, 1.165) is 22.5 Å². The fraction of sp³-hybridized carbons (Fsp3) is 0.600. The Morgan fingerprint density at radius 2 is 2.10 bits per heavy atom. The molecule has 0 aliphatic heterocycles. The zero-order valence-corrected chi connectivity index (χ0v) is 14.5. The van der Waals surface area contributed by atoms with Crippen molar-refractivity contribution >= 4 is 39.0 Å². The fourth-order valence-electron chi connectivity index (χ4n) is 2.25. The van der Waals surface area contributed by atoms with Gasteiger partial charge in [0.15, 0.2) is 0 Å². The minimum absolute atomic E-state index is 0.0100. The van der Waals surface area contributed by atoms with Gasteiger partial charge in [0.05, 0.1) is 5.39 Å². The summed E-state index contributed by atoms with van der Waals surface area (Å²) < 4.78 is 0. The van der Waals surface area contributed by atoms with Gasteiger partial charge in [0.1, 0.15) is 10.6 Å². The van der Waals surface area contributed by atoms with E-state index in [-0.39, 0.29) is 23.3 Å². The number of thiophene rings is 1. The van der Waals surface area contributed by atoms with Crippen LogP contribution in [0.5, 0.6) is 0 Å². The van der Waals surface area contributed by atoms with E-state index in [9.17, 15) is 5.11 Å². The first-order valence-corrected chi connectivity index (χ1v) is 8.38. The molecular formula is C15H22ClN3OS. The maximum Gasteiger partial charge on any atom is 0.225 e. The smallest absolute Gasteiger partial charge is 0.225 e. The number of aryl methyl sites for hydroxylation is 1. The van der Waals surface area contributed by atoms with Crippen LogP contribution in [0.3, 0.4) is 0 Å². The molecule has 2 aromatic heterocycles. The molecule has 0 fully saturated rings. The Balaban J connectivity index is 2.42. The minimum Gasteiger partial charge on any atom is -0.396 e. The largest absolute Gasteiger partial charge is 0.396 e. The van der Waals surface area contributed by atoms with Crippen molar-refractivity contribution in [2.75, 3.05) is 11.9 Å². The van der Waals surface area contributed by atoms with Crippen molar-refractivity contribution < 1.29 is 5.11 Å². The van der Waals surface area contributed by atoms with Gasteiger partial charge in [-0.2, -0.15) is 0 Å². The van der Waals surface area contributed by atoms with Gasteiger partial charge in [-0.3, -0.25) is 0 Å². The van der Waals surface area contributed by atoms with Gasteiger partial charge in [0, 0.05) is 17.5 Å². The number of hydrogen-bond donors (Lipinski definition) is 2. The topological polar surface area (TPSA) is 58.0 Å². The van der Waals surface area contributed by atoms with E-state index in [4.69, 9.17) is 11.6 Å². The summed E-state index contributed by atoms with van der Waals surface area (Å²) in [5, 5.41) is 14.0. The predicted molar refractivity (Wildman–Crippen MR) is 90.4 cm³/mol. The van der Waals surface area contributed by atoms with Crippen LogP contribution >= 0.6 is 22.9 Å². The summed E-state index contributed by atoms with van der Waals surface area (Å²) >= 11 is 7.69. The summed E-state index contributed by atoms with van der Waals surface area (Å²) in [7, 11) is 0. The van der Waals surface area contributed by atoms with E-state index >= 15 is 0 Å². The van der Waals surface area contributed by atoms with Crippen molar-refractivity contribution in [3.63, 3.8) is 0 Å². The molecule has 0 aliphatic carbocycles. The average molecular weight is 328 g/mol. The number of halogens is 1. The molecule has 2 aromatic rings. The standard InChI is InChI=1S/C15H22ClN3OS/c1-5-9-8-10-12(18-14(16)19-13(10)21-9)17-11(6-7-20)15(2,3)4/h8,11,20H,5-7H2,1-4H3,(H,17,18,19). The number of aromatic nitrogens is 2. The fourth-order valence-corrected chi connectivity index (χ4v) is 3.43. The number of aliphatic hydroxyl groups is 1. The van der Waals surface area contributed by atoms with Gasteiger partial charge < -0.3 is 10.4 Å². The SMILES string of the molecule is CCc1cc2c(NC(CCO)C(C)(C)C)nc(Cl)nc2s1. The lowest BCUT2D eigenvalue weighted by atomic mass is 9.85. The van der Waals surface area contributed by atoms with Gasteiger partial charge >= 0.3 is 0 Å². The summed E-state index contributed by atoms with van der Waals surface area (Å²) in [6.45, 7) is 8.69. The second-order valence-electron chi connectivity index (χ2n) is 6.20. The molecule has 0 saturated carbocycles. The van der Waals surface area contributed by atoms with E-state index in [0.29, 0.717) is 6.42 Å². The van der Waals surface area contributed by atoms with E-state index in [2.05, 4.69) is 49.0 Å².